The van der Waals surface area contributed by atoms with Gasteiger partial charge in [0.1, 0.15) is 0 Å². The Labute approximate surface area is 104 Å². The molecule has 2 rings (SSSR count). The fourth-order valence-electron chi connectivity index (χ4n) is 2.38. The van der Waals surface area contributed by atoms with Gasteiger partial charge in [0.25, 0.3) is 0 Å². The number of hydrogen-bond acceptors (Lipinski definition) is 3. The van der Waals surface area contributed by atoms with Crippen LogP contribution in [0, 0.1) is 0 Å². The van der Waals surface area contributed by atoms with Crippen molar-refractivity contribution in [3.63, 3.8) is 0 Å². The molecule has 1 heterocycles. The van der Waals surface area contributed by atoms with E-state index in [0.29, 0.717) is 0 Å². The molecular formula is C14H22N2O. The highest BCUT2D eigenvalue weighted by Gasteiger charge is 2.21. The van der Waals surface area contributed by atoms with Crippen LogP contribution in [0.4, 0.5) is 0 Å². The Bertz CT molecular complexity index is 320. The third-order valence-corrected chi connectivity index (χ3v) is 3.58. The molecular weight excluding hydrogens is 212 g/mol. The maximum absolute atomic E-state index is 9.55. The summed E-state index contributed by atoms with van der Waals surface area (Å²) in [6.45, 7) is 4.58. The van der Waals surface area contributed by atoms with Crippen molar-refractivity contribution >= 4 is 0 Å². The zero-order valence-electron chi connectivity index (χ0n) is 10.5. The molecule has 0 radical (unpaired) electrons. The van der Waals surface area contributed by atoms with Crippen LogP contribution in [0.5, 0.6) is 0 Å². The SMILES string of the molecule is CN1CCN([C@@H](CO)Cc2ccccc2)CC1. The van der Waals surface area contributed by atoms with E-state index in [-0.39, 0.29) is 12.6 Å². The molecule has 94 valence electrons. The second-order valence-electron chi connectivity index (χ2n) is 4.87. The molecule has 0 aliphatic carbocycles. The Morgan fingerprint density at radius 3 is 2.35 bits per heavy atom. The lowest BCUT2D eigenvalue weighted by atomic mass is 10.0. The molecule has 3 heteroatoms. The highest BCUT2D eigenvalue weighted by molar-refractivity contribution is 5.16. The number of aliphatic hydroxyl groups is 1. The number of rotatable bonds is 4. The predicted molar refractivity (Wildman–Crippen MR) is 70.1 cm³/mol. The van der Waals surface area contributed by atoms with E-state index in [2.05, 4.69) is 41.1 Å². The first-order chi connectivity index (χ1) is 8.29. The van der Waals surface area contributed by atoms with Crippen LogP contribution in [0.1, 0.15) is 5.56 Å². The quantitative estimate of drug-likeness (QED) is 0.836. The molecule has 0 unspecified atom stereocenters. The van der Waals surface area contributed by atoms with E-state index < -0.39 is 0 Å². The smallest absolute Gasteiger partial charge is 0.0590 e. The van der Waals surface area contributed by atoms with E-state index in [1.165, 1.54) is 5.56 Å². The van der Waals surface area contributed by atoms with Gasteiger partial charge < -0.3 is 10.0 Å². The minimum absolute atomic E-state index is 0.249. The van der Waals surface area contributed by atoms with Crippen molar-refractivity contribution in [3.8, 4) is 0 Å². The summed E-state index contributed by atoms with van der Waals surface area (Å²) in [7, 11) is 2.16. The standard InChI is InChI=1S/C14H22N2O/c1-15-7-9-16(10-8-15)14(12-17)11-13-5-3-2-4-6-13/h2-6,14,17H,7-12H2,1H3/t14-/m1/s1. The van der Waals surface area contributed by atoms with Crippen LogP contribution in [0.25, 0.3) is 0 Å². The molecule has 17 heavy (non-hydrogen) atoms. The van der Waals surface area contributed by atoms with Gasteiger partial charge in [0, 0.05) is 32.2 Å². The molecule has 0 spiro atoms. The summed E-state index contributed by atoms with van der Waals surface area (Å²) < 4.78 is 0. The largest absolute Gasteiger partial charge is 0.395 e. The van der Waals surface area contributed by atoms with Crippen LogP contribution in [-0.2, 0) is 6.42 Å². The minimum atomic E-state index is 0.249. The Morgan fingerprint density at radius 1 is 1.12 bits per heavy atom. The van der Waals surface area contributed by atoms with Crippen molar-refractivity contribution in [2.24, 2.45) is 0 Å². The van der Waals surface area contributed by atoms with Crippen molar-refractivity contribution in [2.45, 2.75) is 12.5 Å². The van der Waals surface area contributed by atoms with Crippen LogP contribution in [-0.4, -0.2) is 60.8 Å². The molecule has 1 atom stereocenters. The number of nitrogens with zero attached hydrogens (tertiary/aromatic N) is 2. The third kappa shape index (κ3) is 3.53. The molecule has 1 saturated heterocycles. The number of aliphatic hydroxyl groups excluding tert-OH is 1. The molecule has 0 bridgehead atoms. The highest BCUT2D eigenvalue weighted by Crippen LogP contribution is 2.11. The molecule has 1 N–H and O–H groups in total. The second kappa shape index (κ2) is 6.15. The molecule has 0 saturated carbocycles. The van der Waals surface area contributed by atoms with Crippen LogP contribution in [0.15, 0.2) is 30.3 Å². The molecule has 3 nitrogen and oxygen atoms in total. The van der Waals surface area contributed by atoms with E-state index in [0.717, 1.165) is 32.6 Å². The number of benzene rings is 1. The third-order valence-electron chi connectivity index (χ3n) is 3.58. The average molecular weight is 234 g/mol. The maximum Gasteiger partial charge on any atom is 0.0590 e. The first-order valence-electron chi connectivity index (χ1n) is 6.37. The topological polar surface area (TPSA) is 26.7 Å². The number of hydrogen-bond donors (Lipinski definition) is 1. The Kier molecular flexibility index (Phi) is 4.54. The van der Waals surface area contributed by atoms with E-state index >= 15 is 0 Å². The van der Waals surface area contributed by atoms with Crippen molar-refractivity contribution in [3.05, 3.63) is 35.9 Å². The average Bonchev–Trinajstić information content (AvgIpc) is 2.38. The van der Waals surface area contributed by atoms with Crippen LogP contribution in [0.2, 0.25) is 0 Å². The molecule has 1 aliphatic rings. The summed E-state index contributed by atoms with van der Waals surface area (Å²) in [4.78, 5) is 4.75. The Hall–Kier alpha value is -0.900. The van der Waals surface area contributed by atoms with E-state index in [9.17, 15) is 5.11 Å². The summed E-state index contributed by atoms with van der Waals surface area (Å²) >= 11 is 0. The Morgan fingerprint density at radius 2 is 1.76 bits per heavy atom. The van der Waals surface area contributed by atoms with Gasteiger partial charge in [0.05, 0.1) is 6.61 Å². The number of piperazine rings is 1. The summed E-state index contributed by atoms with van der Waals surface area (Å²) in [6.07, 6.45) is 0.945. The minimum Gasteiger partial charge on any atom is -0.395 e. The maximum atomic E-state index is 9.55. The fraction of sp³-hybridized carbons (Fsp3) is 0.571. The van der Waals surface area contributed by atoms with Gasteiger partial charge >= 0.3 is 0 Å². The van der Waals surface area contributed by atoms with E-state index in [1.54, 1.807) is 0 Å². The van der Waals surface area contributed by atoms with E-state index in [1.807, 2.05) is 6.07 Å². The second-order valence-corrected chi connectivity index (χ2v) is 4.87. The van der Waals surface area contributed by atoms with Crippen LogP contribution < -0.4 is 0 Å². The normalized spacial score (nSPS) is 20.4. The zero-order chi connectivity index (χ0) is 12.1. The van der Waals surface area contributed by atoms with Gasteiger partial charge in [-0.15, -0.1) is 0 Å². The molecule has 0 amide bonds. The summed E-state index contributed by atoms with van der Waals surface area (Å²) in [6, 6.07) is 10.7. The lowest BCUT2D eigenvalue weighted by molar-refractivity contribution is 0.0750. The zero-order valence-corrected chi connectivity index (χ0v) is 10.5. The van der Waals surface area contributed by atoms with Gasteiger partial charge in [-0.25, -0.2) is 0 Å². The van der Waals surface area contributed by atoms with Gasteiger partial charge in [0.15, 0.2) is 0 Å². The van der Waals surface area contributed by atoms with Crippen molar-refractivity contribution in [2.75, 3.05) is 39.8 Å². The molecule has 0 aromatic heterocycles. The Balaban J connectivity index is 1.92. The lowest BCUT2D eigenvalue weighted by Crippen LogP contribution is -2.50. The molecule has 1 fully saturated rings. The fourth-order valence-corrected chi connectivity index (χ4v) is 2.38. The predicted octanol–water partition coefficient (Wildman–Crippen LogP) is 0.837. The van der Waals surface area contributed by atoms with Gasteiger partial charge in [-0.1, -0.05) is 30.3 Å². The monoisotopic (exact) mass is 234 g/mol. The molecule has 1 aromatic carbocycles. The summed E-state index contributed by atoms with van der Waals surface area (Å²) in [5.74, 6) is 0. The van der Waals surface area contributed by atoms with Gasteiger partial charge in [0.2, 0.25) is 0 Å². The summed E-state index contributed by atoms with van der Waals surface area (Å²) in [5.41, 5.74) is 1.31. The lowest BCUT2D eigenvalue weighted by Gasteiger charge is -2.37. The number of likely N-dealkylation sites (N-methyl/N-ethyl adjacent to an activating group) is 1. The molecule has 1 aromatic rings. The van der Waals surface area contributed by atoms with Gasteiger partial charge in [-0.05, 0) is 19.0 Å². The van der Waals surface area contributed by atoms with Gasteiger partial charge in [-0.3, -0.25) is 4.90 Å². The van der Waals surface area contributed by atoms with Crippen molar-refractivity contribution in [1.29, 1.82) is 0 Å². The van der Waals surface area contributed by atoms with Gasteiger partial charge in [-0.2, -0.15) is 0 Å². The summed E-state index contributed by atoms with van der Waals surface area (Å²) in [5, 5.41) is 9.55. The van der Waals surface area contributed by atoms with Crippen molar-refractivity contribution in [1.82, 2.24) is 9.80 Å². The highest BCUT2D eigenvalue weighted by atomic mass is 16.3. The van der Waals surface area contributed by atoms with Crippen LogP contribution >= 0.6 is 0 Å². The first-order valence-corrected chi connectivity index (χ1v) is 6.37. The molecule has 1 aliphatic heterocycles. The van der Waals surface area contributed by atoms with Crippen molar-refractivity contribution < 1.29 is 5.11 Å². The van der Waals surface area contributed by atoms with E-state index in [4.69, 9.17) is 0 Å². The first kappa shape index (κ1) is 12.6. The van der Waals surface area contributed by atoms with Crippen LogP contribution in [0.3, 0.4) is 0 Å².